The van der Waals surface area contributed by atoms with Gasteiger partial charge >= 0.3 is 21.1 Å². The van der Waals surface area contributed by atoms with E-state index in [9.17, 15) is 0 Å². The smallest absolute Gasteiger partial charge is 0.156 e. The largest absolute Gasteiger partial charge is 6.00 e. The minimum Gasteiger partial charge on any atom is -0.156 e. The second-order valence-electron chi connectivity index (χ2n) is 0.126. The molecule has 0 atom stereocenters. The summed E-state index contributed by atoms with van der Waals surface area (Å²) < 4.78 is 8.00. The van der Waals surface area contributed by atoms with E-state index in [1.54, 1.807) is 46.0 Å². The van der Waals surface area contributed by atoms with Crippen molar-refractivity contribution < 1.29 is 27.5 Å². The van der Waals surface area contributed by atoms with E-state index in [1.807, 2.05) is 0 Å². The van der Waals surface area contributed by atoms with Gasteiger partial charge in [0, 0.05) is 0 Å². The van der Waals surface area contributed by atoms with Crippen LogP contribution in [0, 0.1) is 0 Å². The molecule has 0 aromatic rings. The van der Waals surface area contributed by atoms with Crippen LogP contribution in [-0.4, -0.2) is 0 Å². The van der Waals surface area contributed by atoms with Gasteiger partial charge in [0.25, 0.3) is 0 Å². The molecule has 0 bridgehead atoms. The van der Waals surface area contributed by atoms with Gasteiger partial charge in [-0.2, -0.15) is 6.43 Å². The molecule has 0 spiro atoms. The van der Waals surface area contributed by atoms with E-state index in [1.165, 1.54) is 0 Å². The van der Waals surface area contributed by atoms with E-state index in [4.69, 9.17) is 0 Å². The molecule has 0 aromatic heterocycles. The maximum atomic E-state index is 4.00. The van der Waals surface area contributed by atoms with Crippen molar-refractivity contribution in [3.63, 3.8) is 0 Å². The number of hydrogen-bond acceptors (Lipinski definition) is 2. The molecule has 0 aliphatic rings. The van der Waals surface area contributed by atoms with Crippen LogP contribution in [0.5, 0.6) is 0 Å². The van der Waals surface area contributed by atoms with E-state index < -0.39 is 0 Å². The molecule has 0 unspecified atom stereocenters. The van der Waals surface area contributed by atoms with Crippen molar-refractivity contribution in [2.75, 3.05) is 0 Å². The molecule has 0 saturated carbocycles. The van der Waals surface area contributed by atoms with Crippen molar-refractivity contribution in [2.24, 2.45) is 0 Å². The Balaban J connectivity index is 0. The summed E-state index contributed by atoms with van der Waals surface area (Å²) in [6.45, 7) is 0. The minimum absolute atomic E-state index is 0. The average molecular weight is 470 g/mol. The van der Waals surface area contributed by atoms with Crippen LogP contribution in [0.1, 0.15) is 0 Å². The number of halogens is 2. The Hall–Kier alpha value is 2.07. The normalized spacial score (nSPS) is 6.00. The van der Waals surface area contributed by atoms with Crippen LogP contribution in [0.4, 0.5) is 0 Å². The summed E-state index contributed by atoms with van der Waals surface area (Å²) >= 11 is 3.24. The summed E-state index contributed by atoms with van der Waals surface area (Å²) in [6, 6.07) is 0. The van der Waals surface area contributed by atoms with E-state index in [0.717, 1.165) is 0 Å². The molecule has 0 radical (unpaired) electrons. The van der Waals surface area contributed by atoms with Gasteiger partial charge in [-0.15, -0.1) is 0 Å². The van der Waals surface area contributed by atoms with Gasteiger partial charge in [-0.1, -0.05) is 0 Å². The van der Waals surface area contributed by atoms with Gasteiger partial charge in [0.15, 0.2) is 46.0 Å². The van der Waals surface area contributed by atoms with Crippen molar-refractivity contribution in [2.45, 2.75) is 0 Å². The summed E-state index contributed by atoms with van der Waals surface area (Å²) in [4.78, 5) is 0. The Labute approximate surface area is 72.5 Å². The zero-order chi connectivity index (χ0) is 3.41. The van der Waals surface area contributed by atoms with Gasteiger partial charge in [-0.05, 0) is 0 Å². The molecule has 0 fully saturated rings. The third-order valence-corrected chi connectivity index (χ3v) is 1.07. The zero-order valence-corrected chi connectivity index (χ0v) is 9.23. The summed E-state index contributed by atoms with van der Waals surface area (Å²) in [6.07, 6.45) is 0. The fourth-order valence-corrected chi connectivity index (χ4v) is 0. The Morgan fingerprint density at radius 1 is 1.00 bits per heavy atom. The van der Waals surface area contributed by atoms with Crippen LogP contribution in [0.3, 0.4) is 0 Å². The molecule has 0 N–H and O–H groups in total. The van der Waals surface area contributed by atoms with Gasteiger partial charge in [0.1, 0.15) is 0 Å². The number of rotatable bonds is 1. The molecular formula is I2O2W+6. The zero-order valence-electron chi connectivity index (χ0n) is 1.98. The quantitative estimate of drug-likeness (QED) is 0.330. The molecule has 0 heterocycles. The molecule has 0 amide bonds. The molecule has 0 aliphatic heterocycles. The monoisotopic (exact) mass is 470 g/mol. The average Bonchev–Trinajstić information content (AvgIpc) is 1.37. The van der Waals surface area contributed by atoms with Crippen molar-refractivity contribution in [3.05, 3.63) is 0 Å². The van der Waals surface area contributed by atoms with Gasteiger partial charge < -0.3 is 0 Å². The molecule has 0 saturated heterocycles. The Morgan fingerprint density at radius 2 is 1.20 bits per heavy atom. The van der Waals surface area contributed by atoms with Crippen LogP contribution in [-0.2, 0) is 27.5 Å². The van der Waals surface area contributed by atoms with E-state index in [2.05, 4.69) is 6.43 Å². The van der Waals surface area contributed by atoms with E-state index >= 15 is 0 Å². The fraction of sp³-hybridized carbons (Fsp3) is 0. The van der Waals surface area contributed by atoms with Crippen LogP contribution in [0.25, 0.3) is 0 Å². The predicted molar refractivity (Wildman–Crippen MR) is 30.2 cm³/mol. The molecular weight excluding hydrogens is 470 g/mol. The van der Waals surface area contributed by atoms with Gasteiger partial charge in [-0.25, -0.2) is 0 Å². The third-order valence-electron chi connectivity index (χ3n) is 0.0238. The third kappa shape index (κ3) is 10.7. The first kappa shape index (κ1) is 10.1. The van der Waals surface area contributed by atoms with Gasteiger partial charge in [-0.3, -0.25) is 0 Å². The van der Waals surface area contributed by atoms with Gasteiger partial charge in [0.05, 0.1) is 0 Å². The van der Waals surface area contributed by atoms with Crippen molar-refractivity contribution in [1.82, 2.24) is 0 Å². The van der Waals surface area contributed by atoms with Crippen molar-refractivity contribution in [3.8, 4) is 0 Å². The summed E-state index contributed by atoms with van der Waals surface area (Å²) in [7, 11) is 0. The van der Waals surface area contributed by atoms with E-state index in [0.29, 0.717) is 0 Å². The fourth-order valence-electron chi connectivity index (χ4n) is 0. The van der Waals surface area contributed by atoms with Crippen LogP contribution >= 0.6 is 46.0 Å². The molecule has 0 rings (SSSR count). The first-order valence-electron chi connectivity index (χ1n) is 0.475. The summed E-state index contributed by atoms with van der Waals surface area (Å²) in [5.74, 6) is 0. The SMILES string of the molecule is IOOI.[W+6]. The standard InChI is InChI=1S/I2O2.W/c1-3-4-2;/q;+6. The van der Waals surface area contributed by atoms with Crippen LogP contribution in [0.15, 0.2) is 0 Å². The summed E-state index contributed by atoms with van der Waals surface area (Å²) in [5.41, 5.74) is 0. The topological polar surface area (TPSA) is 18.5 Å². The summed E-state index contributed by atoms with van der Waals surface area (Å²) in [5, 5.41) is 0. The molecule has 0 aliphatic carbocycles. The first-order valence-corrected chi connectivity index (χ1v) is 2.24. The Kier molecular flexibility index (Phi) is 19.1. The van der Waals surface area contributed by atoms with Crippen LogP contribution in [0.2, 0.25) is 0 Å². The maximum Gasteiger partial charge on any atom is 6.00 e. The van der Waals surface area contributed by atoms with E-state index in [-0.39, 0.29) is 21.1 Å². The molecule has 5 heteroatoms. The van der Waals surface area contributed by atoms with Gasteiger partial charge in [0.2, 0.25) is 0 Å². The molecule has 26 valence electrons. The van der Waals surface area contributed by atoms with Crippen molar-refractivity contribution in [1.29, 1.82) is 0 Å². The second-order valence-corrected chi connectivity index (χ2v) is 0.845. The predicted octanol–water partition coefficient (Wildman–Crippen LogP) is 1.63. The first-order chi connectivity index (χ1) is 1.91. The Bertz CT molecular complexity index is 9.61. The molecule has 0 aromatic carbocycles. The Morgan fingerprint density at radius 3 is 1.20 bits per heavy atom. The maximum absolute atomic E-state index is 4.00. The van der Waals surface area contributed by atoms with Crippen LogP contribution < -0.4 is 0 Å². The second kappa shape index (κ2) is 9.42. The molecule has 5 heavy (non-hydrogen) atoms. The molecule has 2 nitrogen and oxygen atoms in total. The van der Waals surface area contributed by atoms with Crippen molar-refractivity contribution >= 4 is 46.0 Å². The number of hydrogen-bond donors (Lipinski definition) is 0. The minimum atomic E-state index is 0.